The molecule has 2 amide bonds. The van der Waals surface area contributed by atoms with Crippen LogP contribution in [-0.2, 0) is 20.8 Å². The number of aryl methyl sites for hydroxylation is 1. The average Bonchev–Trinajstić information content (AvgIpc) is 3.10. The fourth-order valence-electron chi connectivity index (χ4n) is 3.95. The Morgan fingerprint density at radius 2 is 1.41 bits per heavy atom. The third-order valence-corrected chi connectivity index (χ3v) is 5.31. The minimum Gasteiger partial charge on any atom is -0.481 e. The van der Waals surface area contributed by atoms with Crippen molar-refractivity contribution in [1.29, 1.82) is 0 Å². The molecule has 1 aliphatic heterocycles. The van der Waals surface area contributed by atoms with Gasteiger partial charge in [0.1, 0.15) is 0 Å². The van der Waals surface area contributed by atoms with E-state index in [1.807, 2.05) is 0 Å². The van der Waals surface area contributed by atoms with E-state index in [0.29, 0.717) is 19.3 Å². The number of nitrogens with one attached hydrogen (secondary N) is 1. The van der Waals surface area contributed by atoms with Crippen LogP contribution >= 0.6 is 0 Å². The highest BCUT2D eigenvalue weighted by Crippen LogP contribution is 2.36. The molecule has 4 aromatic carbocycles. The summed E-state index contributed by atoms with van der Waals surface area (Å²) in [6, 6.07) is 19.4. The summed E-state index contributed by atoms with van der Waals surface area (Å²) in [6.45, 7) is 0. The number of carboxylic acid groups (broad SMARTS) is 1. The second kappa shape index (κ2) is 7.87. The highest BCUT2D eigenvalue weighted by atomic mass is 16.4. The van der Waals surface area contributed by atoms with Crippen molar-refractivity contribution in [2.24, 2.45) is 0 Å². The molecular weight excluding hydrogens is 366 g/mol. The molecule has 0 radical (unpaired) electrons. The summed E-state index contributed by atoms with van der Waals surface area (Å²) in [5.41, 5.74) is 1.24. The summed E-state index contributed by atoms with van der Waals surface area (Å²) in [4.78, 5) is 31.0. The highest BCUT2D eigenvalue weighted by molar-refractivity contribution is 6.23. The van der Waals surface area contributed by atoms with Gasteiger partial charge in [0.15, 0.2) is 0 Å². The van der Waals surface area contributed by atoms with Crippen LogP contribution in [0.4, 0.5) is 0 Å². The smallest absolute Gasteiger partial charge is 0.303 e. The first-order valence-electron chi connectivity index (χ1n) is 9.73. The molecule has 5 rings (SSSR count). The minimum absolute atomic E-state index is 0.148. The fourth-order valence-corrected chi connectivity index (χ4v) is 3.95. The molecular formula is C24H21NO4. The van der Waals surface area contributed by atoms with Crippen LogP contribution < -0.4 is 5.32 Å². The minimum atomic E-state index is -0.724. The number of hydrogen-bond donors (Lipinski definition) is 2. The van der Waals surface area contributed by atoms with Gasteiger partial charge in [0, 0.05) is 19.3 Å². The molecule has 0 unspecified atom stereocenters. The summed E-state index contributed by atoms with van der Waals surface area (Å²) in [5, 5.41) is 18.6. The zero-order valence-corrected chi connectivity index (χ0v) is 15.9. The van der Waals surface area contributed by atoms with Crippen molar-refractivity contribution in [2.75, 3.05) is 0 Å². The molecule has 29 heavy (non-hydrogen) atoms. The monoisotopic (exact) mass is 387 g/mol. The van der Waals surface area contributed by atoms with Crippen LogP contribution in [0.25, 0.3) is 32.3 Å². The maximum atomic E-state index is 10.7. The molecule has 5 heteroatoms. The number of aliphatic carboxylic acids is 1. The van der Waals surface area contributed by atoms with Gasteiger partial charge in [0.2, 0.25) is 11.8 Å². The summed E-state index contributed by atoms with van der Waals surface area (Å²) in [5.74, 6) is -1.02. The molecule has 0 saturated carbocycles. The van der Waals surface area contributed by atoms with Crippen LogP contribution in [0.2, 0.25) is 0 Å². The Morgan fingerprint density at radius 1 is 0.828 bits per heavy atom. The van der Waals surface area contributed by atoms with E-state index in [1.54, 1.807) is 0 Å². The Kier molecular flexibility index (Phi) is 5.12. The number of amides is 2. The van der Waals surface area contributed by atoms with Gasteiger partial charge in [-0.25, -0.2) is 0 Å². The zero-order chi connectivity index (χ0) is 20.4. The first kappa shape index (κ1) is 18.9. The van der Waals surface area contributed by atoms with Gasteiger partial charge in [-0.05, 0) is 50.7 Å². The Labute approximate surface area is 167 Å². The molecule has 0 spiro atoms. The van der Waals surface area contributed by atoms with E-state index in [4.69, 9.17) is 5.11 Å². The lowest BCUT2D eigenvalue weighted by Gasteiger charge is -2.13. The number of carbonyl (C=O) groups excluding carboxylic acids is 2. The van der Waals surface area contributed by atoms with Crippen molar-refractivity contribution in [1.82, 2.24) is 5.32 Å². The summed E-state index contributed by atoms with van der Waals surface area (Å²) in [7, 11) is 0. The normalized spacial score (nSPS) is 13.7. The largest absolute Gasteiger partial charge is 0.481 e. The third kappa shape index (κ3) is 3.90. The zero-order valence-electron chi connectivity index (χ0n) is 15.9. The average molecular weight is 387 g/mol. The van der Waals surface area contributed by atoms with Crippen molar-refractivity contribution >= 4 is 50.1 Å². The van der Waals surface area contributed by atoms with Gasteiger partial charge in [-0.3, -0.25) is 19.7 Å². The molecule has 4 aromatic rings. The van der Waals surface area contributed by atoms with Gasteiger partial charge in [0.05, 0.1) is 0 Å². The van der Waals surface area contributed by atoms with Crippen LogP contribution in [0.3, 0.4) is 0 Å². The second-order valence-corrected chi connectivity index (χ2v) is 7.30. The van der Waals surface area contributed by atoms with E-state index in [9.17, 15) is 14.4 Å². The summed E-state index contributed by atoms with van der Waals surface area (Å²) < 4.78 is 0. The van der Waals surface area contributed by atoms with Crippen molar-refractivity contribution < 1.29 is 19.5 Å². The Bertz CT molecular complexity index is 1200. The van der Waals surface area contributed by atoms with E-state index < -0.39 is 5.97 Å². The van der Waals surface area contributed by atoms with Crippen molar-refractivity contribution in [3.05, 3.63) is 60.2 Å². The van der Waals surface area contributed by atoms with Crippen molar-refractivity contribution in [3.8, 4) is 0 Å². The van der Waals surface area contributed by atoms with Crippen LogP contribution in [0.5, 0.6) is 0 Å². The van der Waals surface area contributed by atoms with Gasteiger partial charge in [-0.1, -0.05) is 54.6 Å². The molecule has 146 valence electrons. The van der Waals surface area contributed by atoms with Crippen molar-refractivity contribution in [2.45, 2.75) is 32.1 Å². The van der Waals surface area contributed by atoms with Gasteiger partial charge in [0.25, 0.3) is 0 Å². The Balaban J connectivity index is 0.000000249. The number of rotatable bonds is 4. The molecule has 0 bridgehead atoms. The van der Waals surface area contributed by atoms with Crippen LogP contribution in [0, 0.1) is 0 Å². The number of carboxylic acids is 1. The van der Waals surface area contributed by atoms with Gasteiger partial charge >= 0.3 is 5.97 Å². The Morgan fingerprint density at radius 3 is 2.00 bits per heavy atom. The summed E-state index contributed by atoms with van der Waals surface area (Å²) >= 11 is 0. The predicted octanol–water partition coefficient (Wildman–Crippen LogP) is 4.41. The van der Waals surface area contributed by atoms with Gasteiger partial charge < -0.3 is 5.11 Å². The molecule has 1 saturated heterocycles. The van der Waals surface area contributed by atoms with Crippen LogP contribution in [-0.4, -0.2) is 22.9 Å². The topological polar surface area (TPSA) is 83.5 Å². The molecule has 1 heterocycles. The number of benzene rings is 4. The molecule has 0 atom stereocenters. The lowest BCUT2D eigenvalue weighted by atomic mass is 9.90. The van der Waals surface area contributed by atoms with E-state index in [0.717, 1.165) is 6.42 Å². The number of hydrogen-bond acceptors (Lipinski definition) is 3. The SMILES string of the molecule is O=C(O)CCCc1ccc2ccc3cccc4ccc1c2c34.O=C1CCC(=O)N1. The quantitative estimate of drug-likeness (QED) is 0.401. The standard InChI is InChI=1S/C20H16O2.C4H5NO2/c21-18(22)6-2-3-13-7-8-16-10-9-14-4-1-5-15-11-12-17(13)20(16)19(14)15;6-3-1-2-4(7)5-3/h1,4-5,7-12H,2-3,6H2,(H,21,22);1-2H2,(H,5,6,7). The van der Waals surface area contributed by atoms with Crippen molar-refractivity contribution in [3.63, 3.8) is 0 Å². The fraction of sp³-hybridized carbons (Fsp3) is 0.208. The van der Waals surface area contributed by atoms with E-state index in [-0.39, 0.29) is 18.2 Å². The van der Waals surface area contributed by atoms with Crippen LogP contribution in [0.15, 0.2) is 54.6 Å². The molecule has 0 aromatic heterocycles. The lowest BCUT2D eigenvalue weighted by Crippen LogP contribution is -2.18. The maximum absolute atomic E-state index is 10.7. The first-order valence-corrected chi connectivity index (χ1v) is 9.73. The molecule has 2 N–H and O–H groups in total. The Hall–Kier alpha value is -3.47. The molecule has 1 fully saturated rings. The first-order chi connectivity index (χ1) is 14.0. The van der Waals surface area contributed by atoms with E-state index in [1.165, 1.54) is 37.9 Å². The number of imide groups is 1. The van der Waals surface area contributed by atoms with E-state index in [2.05, 4.69) is 59.9 Å². The summed E-state index contributed by atoms with van der Waals surface area (Å²) in [6.07, 6.45) is 2.46. The number of carbonyl (C=O) groups is 3. The van der Waals surface area contributed by atoms with E-state index >= 15 is 0 Å². The van der Waals surface area contributed by atoms with Gasteiger partial charge in [-0.2, -0.15) is 0 Å². The highest BCUT2D eigenvalue weighted by Gasteiger charge is 2.15. The van der Waals surface area contributed by atoms with Gasteiger partial charge in [-0.15, -0.1) is 0 Å². The maximum Gasteiger partial charge on any atom is 0.303 e. The lowest BCUT2D eigenvalue weighted by molar-refractivity contribution is -0.137. The second-order valence-electron chi connectivity index (χ2n) is 7.30. The third-order valence-electron chi connectivity index (χ3n) is 5.31. The molecule has 1 aliphatic rings. The molecule has 5 nitrogen and oxygen atoms in total. The van der Waals surface area contributed by atoms with Crippen LogP contribution in [0.1, 0.15) is 31.2 Å². The molecule has 0 aliphatic carbocycles. The predicted molar refractivity (Wildman–Crippen MR) is 113 cm³/mol.